The predicted octanol–water partition coefficient (Wildman–Crippen LogP) is 2.50. The Labute approximate surface area is 80.4 Å². The fourth-order valence-electron chi connectivity index (χ4n) is 1.33. The van der Waals surface area contributed by atoms with Gasteiger partial charge in [-0.3, -0.25) is 0 Å². The fourth-order valence-corrected chi connectivity index (χ4v) is 5.98. The molecule has 1 aromatic carbocycles. The van der Waals surface area contributed by atoms with Crippen LogP contribution in [0.4, 0.5) is 0 Å². The number of thioether (sulfide) groups is 1. The summed E-state index contributed by atoms with van der Waals surface area (Å²) in [6.45, 7) is 4.86. The van der Waals surface area contributed by atoms with Gasteiger partial charge in [0.2, 0.25) is 0 Å². The molecule has 1 rings (SSSR count). The Kier molecular flexibility index (Phi) is 3.41. The monoisotopic (exact) mass is 196 g/mol. The largest absolute Gasteiger partial charge is 0.168 e. The molecule has 0 radical (unpaired) electrons. The summed E-state index contributed by atoms with van der Waals surface area (Å²) in [6.07, 6.45) is 2.19. The van der Waals surface area contributed by atoms with Gasteiger partial charge in [-0.25, -0.2) is 0 Å². The summed E-state index contributed by atoms with van der Waals surface area (Å²) < 4.78 is 0. The summed E-state index contributed by atoms with van der Waals surface area (Å²) in [4.78, 5) is 0. The molecule has 0 heterocycles. The van der Waals surface area contributed by atoms with E-state index in [2.05, 4.69) is 49.7 Å². The molecule has 0 unspecified atom stereocenters. The van der Waals surface area contributed by atoms with Gasteiger partial charge in [-0.15, -0.1) is 0 Å². The molecule has 0 N–H and O–H groups in total. The highest BCUT2D eigenvalue weighted by Crippen LogP contribution is 2.09. The summed E-state index contributed by atoms with van der Waals surface area (Å²) in [5.74, 6) is 0. The quantitative estimate of drug-likeness (QED) is 0.669. The van der Waals surface area contributed by atoms with Crippen LogP contribution in [0.15, 0.2) is 30.3 Å². The summed E-state index contributed by atoms with van der Waals surface area (Å²) in [5, 5.41) is 2.89. The molecule has 0 atom stereocenters. The van der Waals surface area contributed by atoms with Crippen molar-refractivity contribution in [2.75, 3.05) is 11.6 Å². The van der Waals surface area contributed by atoms with Crippen molar-refractivity contribution in [2.45, 2.75) is 13.1 Å². The lowest BCUT2D eigenvalue weighted by Gasteiger charge is -2.21. The molecule has 0 aliphatic rings. The highest BCUT2D eigenvalue weighted by Gasteiger charge is 2.21. The smallest absolute Gasteiger partial charge is 0.0903 e. The van der Waals surface area contributed by atoms with Crippen LogP contribution >= 0.6 is 11.8 Å². The third-order valence-corrected chi connectivity index (χ3v) is 8.00. The average Bonchev–Trinajstić information content (AvgIpc) is 2.06. The van der Waals surface area contributed by atoms with E-state index in [-0.39, 0.29) is 0 Å². The molecular weight excluding hydrogens is 180 g/mol. The highest BCUT2D eigenvalue weighted by atomic mass is 32.2. The molecule has 66 valence electrons. The average molecular weight is 196 g/mol. The molecular formula is C10H16SSi. The maximum Gasteiger partial charge on any atom is 0.0903 e. The third-order valence-electron chi connectivity index (χ3n) is 2.06. The van der Waals surface area contributed by atoms with E-state index in [0.717, 1.165) is 0 Å². The number of benzene rings is 1. The van der Waals surface area contributed by atoms with E-state index in [9.17, 15) is 0 Å². The van der Waals surface area contributed by atoms with E-state index < -0.39 is 8.07 Å². The van der Waals surface area contributed by atoms with Crippen molar-refractivity contribution >= 4 is 25.0 Å². The zero-order chi connectivity index (χ0) is 9.03. The van der Waals surface area contributed by atoms with Crippen LogP contribution in [0.1, 0.15) is 0 Å². The maximum absolute atomic E-state index is 2.43. The van der Waals surface area contributed by atoms with Gasteiger partial charge >= 0.3 is 0 Å². The minimum atomic E-state index is -1.12. The first-order valence-electron chi connectivity index (χ1n) is 4.21. The molecule has 0 aromatic heterocycles. The normalized spacial score (nSPS) is 11.6. The van der Waals surface area contributed by atoms with Crippen LogP contribution in [-0.4, -0.2) is 19.7 Å². The van der Waals surface area contributed by atoms with E-state index in [4.69, 9.17) is 0 Å². The molecule has 0 amide bonds. The minimum absolute atomic E-state index is 1.12. The number of rotatable bonds is 3. The summed E-state index contributed by atoms with van der Waals surface area (Å²) in [7, 11) is -1.12. The standard InChI is InChI=1S/C10H16SSi/c1-11-9-12(2,3)10-7-5-4-6-8-10/h4-8H,9H2,1-3H3. The van der Waals surface area contributed by atoms with Crippen LogP contribution in [0.5, 0.6) is 0 Å². The van der Waals surface area contributed by atoms with E-state index in [1.807, 2.05) is 11.8 Å². The molecule has 0 fully saturated rings. The van der Waals surface area contributed by atoms with Crippen molar-refractivity contribution < 1.29 is 0 Å². The van der Waals surface area contributed by atoms with Crippen molar-refractivity contribution in [3.05, 3.63) is 30.3 Å². The lowest BCUT2D eigenvalue weighted by molar-refractivity contribution is 1.66. The lowest BCUT2D eigenvalue weighted by Crippen LogP contribution is -2.44. The molecule has 1 aromatic rings. The fraction of sp³-hybridized carbons (Fsp3) is 0.400. The SMILES string of the molecule is CSC[Si](C)(C)c1ccccc1. The van der Waals surface area contributed by atoms with Gasteiger partial charge in [0.25, 0.3) is 0 Å². The molecule has 0 aliphatic carbocycles. The van der Waals surface area contributed by atoms with Crippen molar-refractivity contribution in [3.63, 3.8) is 0 Å². The first kappa shape index (κ1) is 9.87. The van der Waals surface area contributed by atoms with Gasteiger partial charge in [0, 0.05) is 0 Å². The van der Waals surface area contributed by atoms with Crippen LogP contribution in [0.25, 0.3) is 0 Å². The van der Waals surface area contributed by atoms with Crippen molar-refractivity contribution in [3.8, 4) is 0 Å². The van der Waals surface area contributed by atoms with Gasteiger partial charge < -0.3 is 0 Å². The van der Waals surface area contributed by atoms with Gasteiger partial charge in [0.15, 0.2) is 0 Å². The summed E-state index contributed by atoms with van der Waals surface area (Å²) in [6, 6.07) is 10.9. The first-order valence-corrected chi connectivity index (χ1v) is 8.81. The Bertz CT molecular complexity index is 231. The van der Waals surface area contributed by atoms with Crippen LogP contribution in [-0.2, 0) is 0 Å². The number of hydrogen-bond acceptors (Lipinski definition) is 1. The second kappa shape index (κ2) is 4.15. The highest BCUT2D eigenvalue weighted by molar-refractivity contribution is 8.00. The summed E-state index contributed by atoms with van der Waals surface area (Å²) >= 11 is 1.97. The van der Waals surface area contributed by atoms with Crippen molar-refractivity contribution in [1.82, 2.24) is 0 Å². The predicted molar refractivity (Wildman–Crippen MR) is 61.9 cm³/mol. The molecule has 0 spiro atoms. The van der Waals surface area contributed by atoms with Crippen molar-refractivity contribution in [1.29, 1.82) is 0 Å². The zero-order valence-corrected chi connectivity index (χ0v) is 9.82. The van der Waals surface area contributed by atoms with E-state index >= 15 is 0 Å². The Balaban J connectivity index is 2.82. The second-order valence-corrected chi connectivity index (χ2v) is 9.76. The third kappa shape index (κ3) is 2.39. The Morgan fingerprint density at radius 3 is 2.25 bits per heavy atom. The van der Waals surface area contributed by atoms with E-state index in [0.29, 0.717) is 0 Å². The Morgan fingerprint density at radius 2 is 1.75 bits per heavy atom. The Morgan fingerprint density at radius 1 is 1.17 bits per heavy atom. The molecule has 0 bridgehead atoms. The van der Waals surface area contributed by atoms with Crippen molar-refractivity contribution in [2.24, 2.45) is 0 Å². The van der Waals surface area contributed by atoms with Crippen LogP contribution in [0.3, 0.4) is 0 Å². The second-order valence-electron chi connectivity index (χ2n) is 3.68. The maximum atomic E-state index is 2.43. The van der Waals surface area contributed by atoms with Gasteiger partial charge in [0.1, 0.15) is 0 Å². The molecule has 0 aliphatic heterocycles. The lowest BCUT2D eigenvalue weighted by atomic mass is 10.4. The van der Waals surface area contributed by atoms with Gasteiger partial charge in [-0.2, -0.15) is 11.8 Å². The van der Waals surface area contributed by atoms with E-state index in [1.165, 1.54) is 5.38 Å². The molecule has 0 saturated carbocycles. The first-order chi connectivity index (χ1) is 5.67. The van der Waals surface area contributed by atoms with Crippen LogP contribution in [0, 0.1) is 0 Å². The Hall–Kier alpha value is -0.213. The molecule has 2 heteroatoms. The van der Waals surface area contributed by atoms with Crippen LogP contribution < -0.4 is 5.19 Å². The number of hydrogen-bond donors (Lipinski definition) is 0. The minimum Gasteiger partial charge on any atom is -0.168 e. The van der Waals surface area contributed by atoms with Crippen LogP contribution in [0.2, 0.25) is 13.1 Å². The molecule has 12 heavy (non-hydrogen) atoms. The topological polar surface area (TPSA) is 0 Å². The molecule has 0 saturated heterocycles. The van der Waals surface area contributed by atoms with E-state index in [1.54, 1.807) is 5.19 Å². The zero-order valence-electron chi connectivity index (χ0n) is 8.00. The van der Waals surface area contributed by atoms with Gasteiger partial charge in [-0.1, -0.05) is 48.6 Å². The summed E-state index contributed by atoms with van der Waals surface area (Å²) in [5.41, 5.74) is 0. The van der Waals surface area contributed by atoms with Gasteiger partial charge in [0.05, 0.1) is 8.07 Å². The molecule has 0 nitrogen and oxygen atoms in total. The van der Waals surface area contributed by atoms with Gasteiger partial charge in [-0.05, 0) is 11.6 Å².